The lowest BCUT2D eigenvalue weighted by Gasteiger charge is -2.29. The molecule has 2 aromatic heterocycles. The van der Waals surface area contributed by atoms with Gasteiger partial charge >= 0.3 is 5.97 Å². The molecule has 170 valence electrons. The lowest BCUT2D eigenvalue weighted by molar-refractivity contribution is -0.141. The number of anilines is 1. The Morgan fingerprint density at radius 2 is 2.06 bits per heavy atom. The van der Waals surface area contributed by atoms with Crippen LogP contribution in [0.3, 0.4) is 0 Å². The van der Waals surface area contributed by atoms with Crippen LogP contribution in [0.1, 0.15) is 24.1 Å². The summed E-state index contributed by atoms with van der Waals surface area (Å²) in [6.45, 7) is 2.57. The van der Waals surface area contributed by atoms with Crippen LogP contribution >= 0.6 is 11.3 Å². The van der Waals surface area contributed by atoms with E-state index in [1.165, 1.54) is 11.3 Å². The van der Waals surface area contributed by atoms with Gasteiger partial charge < -0.3 is 24.8 Å². The predicted octanol–water partition coefficient (Wildman–Crippen LogP) is 2.94. The van der Waals surface area contributed by atoms with Crippen LogP contribution in [0.25, 0.3) is 5.13 Å². The zero-order chi connectivity index (χ0) is 22.5. The number of carbonyl (C=O) groups is 1. The molecule has 1 aromatic carbocycles. The summed E-state index contributed by atoms with van der Waals surface area (Å²) < 4.78 is 12.7. The Morgan fingerprint density at radius 3 is 2.84 bits per heavy atom. The van der Waals surface area contributed by atoms with Gasteiger partial charge in [-0.15, -0.1) is 10.2 Å². The molecule has 2 N–H and O–H groups in total. The first-order valence-corrected chi connectivity index (χ1v) is 11.3. The number of carboxylic acids is 1. The van der Waals surface area contributed by atoms with Crippen LogP contribution < -0.4 is 19.7 Å². The number of carboxylic acid groups (broad SMARTS) is 1. The zero-order valence-electron chi connectivity index (χ0n) is 18.2. The van der Waals surface area contributed by atoms with Gasteiger partial charge in [0.2, 0.25) is 10.3 Å². The lowest BCUT2D eigenvalue weighted by atomic mass is 9.99. The van der Waals surface area contributed by atoms with Gasteiger partial charge in [-0.2, -0.15) is 0 Å². The Labute approximate surface area is 190 Å². The molecule has 0 amide bonds. The topological polar surface area (TPSA) is 102 Å². The Balaban J connectivity index is 1.41. The zero-order valence-corrected chi connectivity index (χ0v) is 19.0. The number of nitrogens with one attached hydrogen (secondary N) is 1. The number of rotatable bonds is 9. The normalized spacial score (nSPS) is 16.2. The van der Waals surface area contributed by atoms with Crippen molar-refractivity contribution < 1.29 is 19.4 Å². The van der Waals surface area contributed by atoms with Crippen molar-refractivity contribution >= 4 is 22.4 Å². The summed E-state index contributed by atoms with van der Waals surface area (Å²) in [4.78, 5) is 13.4. The summed E-state index contributed by atoms with van der Waals surface area (Å²) in [5.41, 5.74) is 2.10. The van der Waals surface area contributed by atoms with Crippen molar-refractivity contribution in [3.63, 3.8) is 0 Å². The van der Waals surface area contributed by atoms with Crippen LogP contribution in [-0.4, -0.2) is 53.1 Å². The van der Waals surface area contributed by atoms with E-state index >= 15 is 0 Å². The second-order valence-electron chi connectivity index (χ2n) is 7.64. The summed E-state index contributed by atoms with van der Waals surface area (Å²) in [6, 6.07) is 9.80. The Bertz CT molecular complexity index is 1070. The summed E-state index contributed by atoms with van der Waals surface area (Å²) in [7, 11) is 3.28. The van der Waals surface area contributed by atoms with E-state index in [2.05, 4.69) is 15.5 Å². The Kier molecular flexibility index (Phi) is 6.91. The first-order valence-electron chi connectivity index (χ1n) is 10.5. The highest BCUT2D eigenvalue weighted by Gasteiger charge is 2.27. The fourth-order valence-electron chi connectivity index (χ4n) is 3.86. The van der Waals surface area contributed by atoms with Crippen LogP contribution in [-0.2, 0) is 17.9 Å². The largest absolute Gasteiger partial charge is 0.497 e. The predicted molar refractivity (Wildman–Crippen MR) is 122 cm³/mol. The third-order valence-corrected chi connectivity index (χ3v) is 6.58. The first-order chi connectivity index (χ1) is 15.6. The quantitative estimate of drug-likeness (QED) is 0.506. The maximum Gasteiger partial charge on any atom is 0.308 e. The molecular formula is C22H27N5O4S. The monoisotopic (exact) mass is 457 g/mol. The van der Waals surface area contributed by atoms with E-state index in [-0.39, 0.29) is 5.92 Å². The molecule has 1 aliphatic rings. The van der Waals surface area contributed by atoms with Crippen molar-refractivity contribution in [2.75, 3.05) is 32.2 Å². The number of hydrogen-bond acceptors (Lipinski definition) is 8. The minimum absolute atomic E-state index is 0.350. The molecule has 3 heterocycles. The highest BCUT2D eigenvalue weighted by atomic mass is 32.1. The first kappa shape index (κ1) is 22.1. The van der Waals surface area contributed by atoms with Crippen molar-refractivity contribution in [1.29, 1.82) is 0 Å². The van der Waals surface area contributed by atoms with Crippen molar-refractivity contribution in [2.24, 2.45) is 5.92 Å². The average Bonchev–Trinajstić information content (AvgIpc) is 3.49. The van der Waals surface area contributed by atoms with Gasteiger partial charge in [-0.3, -0.25) is 9.36 Å². The van der Waals surface area contributed by atoms with Gasteiger partial charge in [0, 0.05) is 49.7 Å². The van der Waals surface area contributed by atoms with Gasteiger partial charge in [-0.05, 0) is 31.0 Å². The van der Waals surface area contributed by atoms with Crippen molar-refractivity contribution in [3.05, 3.63) is 47.8 Å². The number of hydrogen-bond donors (Lipinski definition) is 2. The smallest absolute Gasteiger partial charge is 0.308 e. The number of nitrogens with zero attached hydrogens (tertiary/aromatic N) is 4. The molecule has 1 saturated heterocycles. The number of aliphatic carboxylic acids is 1. The van der Waals surface area contributed by atoms with Gasteiger partial charge in [-0.1, -0.05) is 17.4 Å². The molecule has 0 radical (unpaired) electrons. The minimum atomic E-state index is -0.744. The summed E-state index contributed by atoms with van der Waals surface area (Å²) in [5.74, 6) is 0.446. The Hall–Kier alpha value is -3.11. The summed E-state index contributed by atoms with van der Waals surface area (Å²) >= 11 is 1.48. The summed E-state index contributed by atoms with van der Waals surface area (Å²) in [5, 5.41) is 23.0. The number of benzene rings is 1. The molecule has 0 spiro atoms. The van der Waals surface area contributed by atoms with E-state index in [0.717, 1.165) is 46.0 Å². The SMILES string of the molecule is COc1ccc(CNCc2cccn2-c2nnc(N3CCCC(C(=O)O)C3)s2)c(OC)c1. The van der Waals surface area contributed by atoms with Crippen LogP contribution in [0.4, 0.5) is 5.13 Å². The highest BCUT2D eigenvalue weighted by molar-refractivity contribution is 7.17. The van der Waals surface area contributed by atoms with Gasteiger partial charge in [-0.25, -0.2) is 0 Å². The molecule has 1 atom stereocenters. The van der Waals surface area contributed by atoms with Crippen LogP contribution in [0, 0.1) is 5.92 Å². The van der Waals surface area contributed by atoms with Crippen molar-refractivity contribution in [2.45, 2.75) is 25.9 Å². The maximum absolute atomic E-state index is 11.4. The molecule has 1 unspecified atom stereocenters. The summed E-state index contributed by atoms with van der Waals surface area (Å²) in [6.07, 6.45) is 3.52. The van der Waals surface area contributed by atoms with Crippen molar-refractivity contribution in [1.82, 2.24) is 20.1 Å². The van der Waals surface area contributed by atoms with Crippen molar-refractivity contribution in [3.8, 4) is 16.6 Å². The van der Waals surface area contributed by atoms with E-state index in [1.54, 1.807) is 14.2 Å². The number of ether oxygens (including phenoxy) is 2. The van der Waals surface area contributed by atoms with Crippen LogP contribution in [0.5, 0.6) is 11.5 Å². The second-order valence-corrected chi connectivity index (χ2v) is 8.58. The third kappa shape index (κ3) is 4.86. The number of aromatic nitrogens is 3. The lowest BCUT2D eigenvalue weighted by Crippen LogP contribution is -2.38. The molecule has 32 heavy (non-hydrogen) atoms. The molecular weight excluding hydrogens is 430 g/mol. The molecule has 4 rings (SSSR count). The molecule has 0 aliphatic carbocycles. The minimum Gasteiger partial charge on any atom is -0.497 e. The second kappa shape index (κ2) is 10.0. The molecule has 10 heteroatoms. The van der Waals surface area contributed by atoms with E-state index in [1.807, 2.05) is 46.0 Å². The molecule has 0 bridgehead atoms. The van der Waals surface area contributed by atoms with E-state index in [4.69, 9.17) is 9.47 Å². The molecule has 3 aromatic rings. The molecule has 0 saturated carbocycles. The van der Waals surface area contributed by atoms with E-state index in [9.17, 15) is 9.90 Å². The van der Waals surface area contributed by atoms with Gasteiger partial charge in [0.15, 0.2) is 0 Å². The van der Waals surface area contributed by atoms with Gasteiger partial charge in [0.05, 0.1) is 20.1 Å². The van der Waals surface area contributed by atoms with E-state index < -0.39 is 5.97 Å². The standard InChI is InChI=1S/C22H27N5O4S/c1-30-18-8-7-15(19(11-18)31-2)12-23-13-17-6-4-10-27(17)22-25-24-21(32-22)26-9-3-5-16(14-26)20(28)29/h4,6-8,10-11,16,23H,3,5,9,12-14H2,1-2H3,(H,28,29). The molecule has 1 fully saturated rings. The fourth-order valence-corrected chi connectivity index (χ4v) is 4.75. The average molecular weight is 458 g/mol. The van der Waals surface area contributed by atoms with E-state index in [0.29, 0.717) is 26.1 Å². The van der Waals surface area contributed by atoms with Gasteiger partial charge in [0.1, 0.15) is 11.5 Å². The fraction of sp³-hybridized carbons (Fsp3) is 0.409. The van der Waals surface area contributed by atoms with Gasteiger partial charge in [0.25, 0.3) is 0 Å². The number of piperidine rings is 1. The number of methoxy groups -OCH3 is 2. The van der Waals surface area contributed by atoms with Crippen LogP contribution in [0.15, 0.2) is 36.5 Å². The van der Waals surface area contributed by atoms with Crippen LogP contribution in [0.2, 0.25) is 0 Å². The highest BCUT2D eigenvalue weighted by Crippen LogP contribution is 2.29. The third-order valence-electron chi connectivity index (χ3n) is 5.60. The maximum atomic E-state index is 11.4. The Morgan fingerprint density at radius 1 is 1.22 bits per heavy atom. The molecule has 1 aliphatic heterocycles. The molecule has 9 nitrogen and oxygen atoms in total.